The maximum Gasteiger partial charge on any atom is 0.411 e. The van der Waals surface area contributed by atoms with Crippen molar-refractivity contribution in [2.45, 2.75) is 64.1 Å². The van der Waals surface area contributed by atoms with Gasteiger partial charge in [0.1, 0.15) is 5.60 Å². The van der Waals surface area contributed by atoms with Crippen LogP contribution in [0.25, 0.3) is 10.9 Å². The topological polar surface area (TPSA) is 58.0 Å². The molecule has 3 aliphatic heterocycles. The maximum absolute atomic E-state index is 13.2. The predicted octanol–water partition coefficient (Wildman–Crippen LogP) is 5.07. The molecule has 200 valence electrons. The van der Waals surface area contributed by atoms with Crippen LogP contribution < -0.4 is 4.90 Å². The lowest BCUT2D eigenvalue weighted by molar-refractivity contribution is -0.121. The molecule has 0 aliphatic carbocycles. The standard InChI is InChI=1S/C31H38N4O3/c1-31(2,3)38-30(37)35-23-11-13-25(35)29-24-12-10-22(18-26(24)32(4)27(29)19-23)34-17-16-33(20-28(34)36)15-14-21-8-6-5-7-9-21/h5-10,12,18,23,25H,11,13-17,19-20H2,1-4H3. The Balaban J connectivity index is 1.21. The van der Waals surface area contributed by atoms with Gasteiger partial charge in [-0.15, -0.1) is 0 Å². The van der Waals surface area contributed by atoms with Crippen LogP contribution in [0.15, 0.2) is 48.5 Å². The number of benzene rings is 2. The number of piperazine rings is 1. The minimum atomic E-state index is -0.511. The highest BCUT2D eigenvalue weighted by Crippen LogP contribution is 2.48. The summed E-state index contributed by atoms with van der Waals surface area (Å²) in [6.45, 7) is 8.67. The number of nitrogens with zero attached hydrogens (tertiary/aromatic N) is 4. The van der Waals surface area contributed by atoms with Gasteiger partial charge in [0, 0.05) is 61.5 Å². The molecule has 3 aliphatic rings. The van der Waals surface area contributed by atoms with Gasteiger partial charge in [0.05, 0.1) is 18.1 Å². The smallest absolute Gasteiger partial charge is 0.411 e. The largest absolute Gasteiger partial charge is 0.444 e. The van der Waals surface area contributed by atoms with Gasteiger partial charge in [-0.3, -0.25) is 14.6 Å². The summed E-state index contributed by atoms with van der Waals surface area (Å²) in [6.07, 6.45) is 3.55. The summed E-state index contributed by atoms with van der Waals surface area (Å²) >= 11 is 0. The van der Waals surface area contributed by atoms with Crippen LogP contribution >= 0.6 is 0 Å². The van der Waals surface area contributed by atoms with Gasteiger partial charge in [-0.2, -0.15) is 0 Å². The number of carbonyl (C=O) groups is 2. The van der Waals surface area contributed by atoms with Crippen LogP contribution in [-0.2, 0) is 29.4 Å². The number of hydrogen-bond donors (Lipinski definition) is 0. The molecule has 2 fully saturated rings. The van der Waals surface area contributed by atoms with Gasteiger partial charge in [0.2, 0.25) is 5.91 Å². The minimum Gasteiger partial charge on any atom is -0.444 e. The third kappa shape index (κ3) is 4.47. The second kappa shape index (κ2) is 9.45. The van der Waals surface area contributed by atoms with E-state index in [1.807, 2.05) is 36.6 Å². The van der Waals surface area contributed by atoms with Crippen molar-refractivity contribution in [3.8, 4) is 0 Å². The first-order valence-electron chi connectivity index (χ1n) is 13.9. The van der Waals surface area contributed by atoms with E-state index in [4.69, 9.17) is 4.74 Å². The molecule has 2 atom stereocenters. The third-order valence-corrected chi connectivity index (χ3v) is 8.39. The molecule has 2 bridgehead atoms. The Bertz CT molecular complexity index is 1370. The van der Waals surface area contributed by atoms with Crippen molar-refractivity contribution in [1.82, 2.24) is 14.4 Å². The molecule has 2 unspecified atom stereocenters. The van der Waals surface area contributed by atoms with Gasteiger partial charge in [-0.1, -0.05) is 36.4 Å². The Morgan fingerprint density at radius 2 is 1.84 bits per heavy atom. The van der Waals surface area contributed by atoms with Crippen LogP contribution in [-0.4, -0.2) is 64.2 Å². The quantitative estimate of drug-likeness (QED) is 0.488. The second-order valence-electron chi connectivity index (χ2n) is 12.0. The van der Waals surface area contributed by atoms with Crippen LogP contribution in [0.5, 0.6) is 0 Å². The lowest BCUT2D eigenvalue weighted by Gasteiger charge is -2.36. The summed E-state index contributed by atoms with van der Waals surface area (Å²) in [5.41, 5.74) is 5.44. The highest BCUT2D eigenvalue weighted by atomic mass is 16.6. The van der Waals surface area contributed by atoms with E-state index in [0.717, 1.165) is 50.0 Å². The van der Waals surface area contributed by atoms with Crippen molar-refractivity contribution in [3.05, 3.63) is 65.4 Å². The van der Waals surface area contributed by atoms with Crippen LogP contribution in [0.2, 0.25) is 0 Å². The Kier molecular flexibility index (Phi) is 6.22. The molecular weight excluding hydrogens is 476 g/mol. The fraction of sp³-hybridized carbons (Fsp3) is 0.484. The molecular formula is C31H38N4O3. The summed E-state index contributed by atoms with van der Waals surface area (Å²) in [4.78, 5) is 32.5. The monoisotopic (exact) mass is 514 g/mol. The van der Waals surface area contributed by atoms with Crippen molar-refractivity contribution in [2.24, 2.45) is 7.05 Å². The van der Waals surface area contributed by atoms with Gasteiger partial charge in [-0.25, -0.2) is 4.79 Å². The van der Waals surface area contributed by atoms with Crippen molar-refractivity contribution < 1.29 is 14.3 Å². The molecule has 0 spiro atoms. The average Bonchev–Trinajstić information content (AvgIpc) is 3.35. The summed E-state index contributed by atoms with van der Waals surface area (Å²) in [5, 5.41) is 1.18. The van der Waals surface area contributed by atoms with Crippen LogP contribution in [0.3, 0.4) is 0 Å². The molecule has 7 nitrogen and oxygen atoms in total. The zero-order valence-corrected chi connectivity index (χ0v) is 22.9. The summed E-state index contributed by atoms with van der Waals surface area (Å²) < 4.78 is 8.07. The molecule has 3 aromatic rings. The number of fused-ring (bicyclic) bond motifs is 6. The van der Waals surface area contributed by atoms with Gasteiger partial charge < -0.3 is 14.2 Å². The predicted molar refractivity (Wildman–Crippen MR) is 149 cm³/mol. The highest BCUT2D eigenvalue weighted by Gasteiger charge is 2.46. The molecule has 0 N–H and O–H groups in total. The van der Waals surface area contributed by atoms with Gasteiger partial charge in [0.25, 0.3) is 0 Å². The molecule has 4 heterocycles. The number of rotatable bonds is 4. The second-order valence-corrected chi connectivity index (χ2v) is 12.0. The molecule has 2 aromatic carbocycles. The number of anilines is 1. The van der Waals surface area contributed by atoms with E-state index in [2.05, 4.69) is 59.0 Å². The van der Waals surface area contributed by atoms with Crippen molar-refractivity contribution in [3.63, 3.8) is 0 Å². The number of hydrogen-bond acceptors (Lipinski definition) is 4. The van der Waals surface area contributed by atoms with E-state index in [-0.39, 0.29) is 24.1 Å². The Morgan fingerprint density at radius 1 is 1.05 bits per heavy atom. The van der Waals surface area contributed by atoms with Crippen LogP contribution in [0, 0.1) is 0 Å². The third-order valence-electron chi connectivity index (χ3n) is 8.39. The van der Waals surface area contributed by atoms with E-state index in [9.17, 15) is 9.59 Å². The van der Waals surface area contributed by atoms with Gasteiger partial charge in [-0.05, 0) is 57.7 Å². The Morgan fingerprint density at radius 3 is 2.58 bits per heavy atom. The lowest BCUT2D eigenvalue weighted by Crippen LogP contribution is -2.50. The number of aryl methyl sites for hydroxylation is 1. The van der Waals surface area contributed by atoms with Gasteiger partial charge in [0.15, 0.2) is 0 Å². The molecule has 2 amide bonds. The average molecular weight is 515 g/mol. The maximum atomic E-state index is 13.2. The summed E-state index contributed by atoms with van der Waals surface area (Å²) in [6, 6.07) is 17.1. The number of aromatic nitrogens is 1. The molecule has 0 saturated carbocycles. The van der Waals surface area contributed by atoms with E-state index < -0.39 is 5.60 Å². The fourth-order valence-electron chi connectivity index (χ4n) is 6.59. The van der Waals surface area contributed by atoms with Crippen molar-refractivity contribution in [2.75, 3.05) is 31.1 Å². The molecule has 7 heteroatoms. The van der Waals surface area contributed by atoms with E-state index in [0.29, 0.717) is 13.1 Å². The summed E-state index contributed by atoms with van der Waals surface area (Å²) in [5.74, 6) is 0.151. The Labute approximate surface area is 224 Å². The van der Waals surface area contributed by atoms with E-state index in [1.165, 1.54) is 22.2 Å². The molecule has 6 rings (SSSR count). The molecule has 1 aromatic heterocycles. The zero-order valence-electron chi connectivity index (χ0n) is 22.9. The number of ether oxygens (including phenoxy) is 1. The minimum absolute atomic E-state index is 0.0444. The van der Waals surface area contributed by atoms with E-state index in [1.54, 1.807) is 0 Å². The van der Waals surface area contributed by atoms with E-state index >= 15 is 0 Å². The number of carbonyl (C=O) groups excluding carboxylic acids is 2. The van der Waals surface area contributed by atoms with Gasteiger partial charge >= 0.3 is 6.09 Å². The first-order valence-corrected chi connectivity index (χ1v) is 13.9. The highest BCUT2D eigenvalue weighted by molar-refractivity contribution is 5.98. The van der Waals surface area contributed by atoms with Crippen LogP contribution in [0.4, 0.5) is 10.5 Å². The van der Waals surface area contributed by atoms with Crippen molar-refractivity contribution in [1.29, 1.82) is 0 Å². The molecule has 2 saturated heterocycles. The molecule has 38 heavy (non-hydrogen) atoms. The number of amides is 2. The normalized spacial score (nSPS) is 21.7. The molecule has 0 radical (unpaired) electrons. The summed E-state index contributed by atoms with van der Waals surface area (Å²) in [7, 11) is 2.12. The first-order chi connectivity index (χ1) is 18.2. The lowest BCUT2D eigenvalue weighted by atomic mass is 9.97. The zero-order chi connectivity index (χ0) is 26.6. The first kappa shape index (κ1) is 25.0. The fourth-order valence-corrected chi connectivity index (χ4v) is 6.59. The SMILES string of the molecule is Cn1c2c(c3ccc(N4CCN(CCc5ccccc5)CC4=O)cc31)C1CCC(C2)N1C(=O)OC(C)(C)C. The van der Waals surface area contributed by atoms with Crippen LogP contribution in [0.1, 0.15) is 56.5 Å². The Hall–Kier alpha value is -3.32. The van der Waals surface area contributed by atoms with Crippen molar-refractivity contribution >= 4 is 28.6 Å².